The lowest BCUT2D eigenvalue weighted by molar-refractivity contribution is -0.134. The van der Waals surface area contributed by atoms with E-state index in [9.17, 15) is 4.79 Å². The van der Waals surface area contributed by atoms with Crippen molar-refractivity contribution in [2.75, 3.05) is 26.3 Å². The molecule has 0 radical (unpaired) electrons. The van der Waals surface area contributed by atoms with Crippen LogP contribution in [-0.2, 0) is 9.53 Å². The molecule has 1 amide bonds. The van der Waals surface area contributed by atoms with Gasteiger partial charge in [-0.05, 0) is 18.3 Å². The van der Waals surface area contributed by atoms with Crippen molar-refractivity contribution < 1.29 is 9.53 Å². The zero-order valence-corrected chi connectivity index (χ0v) is 11.2. The fourth-order valence-corrected chi connectivity index (χ4v) is 2.66. The van der Waals surface area contributed by atoms with Gasteiger partial charge < -0.3 is 15.4 Å². The van der Waals surface area contributed by atoms with Crippen LogP contribution in [0.5, 0.6) is 0 Å². The number of ether oxygens (including phenoxy) is 1. The maximum absolute atomic E-state index is 12.3. The van der Waals surface area contributed by atoms with Gasteiger partial charge in [0.15, 0.2) is 0 Å². The summed E-state index contributed by atoms with van der Waals surface area (Å²) < 4.78 is 5.47. The smallest absolute Gasteiger partial charge is 0.240 e. The average Bonchev–Trinajstić information content (AvgIpc) is 2.86. The van der Waals surface area contributed by atoms with E-state index in [4.69, 9.17) is 10.5 Å². The Bertz CT molecular complexity index is 303. The summed E-state index contributed by atoms with van der Waals surface area (Å²) in [4.78, 5) is 14.2. The van der Waals surface area contributed by atoms with E-state index < -0.39 is 6.04 Å². The Labute approximate surface area is 103 Å². The molecular weight excluding hydrogens is 216 g/mol. The quantitative estimate of drug-likeness (QED) is 0.744. The van der Waals surface area contributed by atoms with Crippen LogP contribution in [-0.4, -0.2) is 43.2 Å². The highest BCUT2D eigenvalue weighted by Gasteiger charge is 2.44. The highest BCUT2D eigenvalue weighted by Crippen LogP contribution is 2.38. The van der Waals surface area contributed by atoms with E-state index in [2.05, 4.69) is 0 Å². The zero-order valence-electron chi connectivity index (χ0n) is 11.2. The van der Waals surface area contributed by atoms with Gasteiger partial charge in [0.2, 0.25) is 5.91 Å². The normalized spacial score (nSPS) is 31.2. The Morgan fingerprint density at radius 3 is 2.65 bits per heavy atom. The van der Waals surface area contributed by atoms with Crippen LogP contribution < -0.4 is 5.73 Å². The first kappa shape index (κ1) is 12.8. The molecule has 17 heavy (non-hydrogen) atoms. The summed E-state index contributed by atoms with van der Waals surface area (Å²) in [5.74, 6) is 0.0984. The van der Waals surface area contributed by atoms with E-state index in [1.165, 1.54) is 0 Å². The van der Waals surface area contributed by atoms with Crippen molar-refractivity contribution in [1.29, 1.82) is 0 Å². The van der Waals surface area contributed by atoms with Gasteiger partial charge in [-0.15, -0.1) is 0 Å². The van der Waals surface area contributed by atoms with E-state index in [1.807, 2.05) is 25.7 Å². The van der Waals surface area contributed by atoms with Crippen molar-refractivity contribution >= 4 is 5.91 Å². The molecule has 2 heterocycles. The summed E-state index contributed by atoms with van der Waals surface area (Å²) in [7, 11) is 0. The topological polar surface area (TPSA) is 55.6 Å². The molecule has 0 unspecified atom stereocenters. The fraction of sp³-hybridized carbons (Fsp3) is 0.923. The van der Waals surface area contributed by atoms with Gasteiger partial charge in [0.05, 0.1) is 12.6 Å². The van der Waals surface area contributed by atoms with Gasteiger partial charge in [-0.25, -0.2) is 0 Å². The maximum Gasteiger partial charge on any atom is 0.240 e. The lowest BCUT2D eigenvalue weighted by Crippen LogP contribution is -2.50. The van der Waals surface area contributed by atoms with E-state index >= 15 is 0 Å². The van der Waals surface area contributed by atoms with Gasteiger partial charge in [-0.2, -0.15) is 0 Å². The third-order valence-electron chi connectivity index (χ3n) is 4.13. The number of nitrogens with zero attached hydrogens (tertiary/aromatic N) is 1. The second kappa shape index (κ2) is 4.25. The van der Waals surface area contributed by atoms with Crippen LogP contribution in [0.15, 0.2) is 0 Å². The number of carbonyl (C=O) groups is 1. The first-order valence-corrected chi connectivity index (χ1v) is 6.46. The number of nitrogens with two attached hydrogens (primary N) is 1. The number of carbonyl (C=O) groups excluding carboxylic acids is 1. The van der Waals surface area contributed by atoms with Crippen LogP contribution in [0.3, 0.4) is 0 Å². The largest absolute Gasteiger partial charge is 0.381 e. The highest BCUT2D eigenvalue weighted by molar-refractivity contribution is 5.82. The molecule has 0 aliphatic carbocycles. The second-order valence-electron chi connectivity index (χ2n) is 6.66. The molecule has 2 saturated heterocycles. The Hall–Kier alpha value is -0.610. The molecule has 2 rings (SSSR count). The molecule has 1 spiro atoms. The summed E-state index contributed by atoms with van der Waals surface area (Å²) in [5.41, 5.74) is 6.10. The molecule has 2 N–H and O–H groups in total. The molecule has 4 heteroatoms. The molecule has 98 valence electrons. The Balaban J connectivity index is 1.99. The van der Waals surface area contributed by atoms with Crippen LogP contribution in [0, 0.1) is 10.8 Å². The molecule has 2 aliphatic rings. The third-order valence-corrected chi connectivity index (χ3v) is 4.13. The molecule has 4 nitrogen and oxygen atoms in total. The van der Waals surface area contributed by atoms with Gasteiger partial charge in [-0.3, -0.25) is 4.79 Å². The van der Waals surface area contributed by atoms with Crippen molar-refractivity contribution in [2.45, 2.75) is 39.7 Å². The third kappa shape index (κ3) is 2.47. The molecule has 0 aromatic heterocycles. The lowest BCUT2D eigenvalue weighted by Gasteiger charge is -2.30. The predicted molar refractivity (Wildman–Crippen MR) is 66.5 cm³/mol. The Morgan fingerprint density at radius 1 is 1.41 bits per heavy atom. The summed E-state index contributed by atoms with van der Waals surface area (Å²) in [6.07, 6.45) is 2.15. The van der Waals surface area contributed by atoms with Crippen LogP contribution in [0.1, 0.15) is 33.6 Å². The van der Waals surface area contributed by atoms with Gasteiger partial charge in [0, 0.05) is 25.1 Å². The SMILES string of the molecule is CC(C)(C)[C@H](N)C(=O)N1CC[C@@]2(CCOC2)C1. The second-order valence-corrected chi connectivity index (χ2v) is 6.66. The van der Waals surface area contributed by atoms with Gasteiger partial charge in [-0.1, -0.05) is 20.8 Å². The van der Waals surface area contributed by atoms with Gasteiger partial charge in [0.1, 0.15) is 0 Å². The van der Waals surface area contributed by atoms with E-state index in [-0.39, 0.29) is 16.7 Å². The number of likely N-dealkylation sites (tertiary alicyclic amines) is 1. The summed E-state index contributed by atoms with van der Waals surface area (Å²) in [6.45, 7) is 9.36. The predicted octanol–water partition coefficient (Wildman–Crippen LogP) is 0.999. The van der Waals surface area contributed by atoms with Crippen LogP contribution in [0.4, 0.5) is 0 Å². The van der Waals surface area contributed by atoms with Crippen LogP contribution >= 0.6 is 0 Å². The standard InChI is InChI=1S/C13H24N2O2/c1-12(2,3)10(14)11(16)15-6-4-13(8-15)5-7-17-9-13/h10H,4-9,14H2,1-3H3/t10-,13-/m1/s1. The average molecular weight is 240 g/mol. The van der Waals surface area contributed by atoms with Crippen molar-refractivity contribution in [2.24, 2.45) is 16.6 Å². The van der Waals surface area contributed by atoms with Crippen molar-refractivity contribution in [3.63, 3.8) is 0 Å². The highest BCUT2D eigenvalue weighted by atomic mass is 16.5. The summed E-state index contributed by atoms with van der Waals surface area (Å²) in [6, 6.07) is -0.403. The Kier molecular flexibility index (Phi) is 3.21. The Morgan fingerprint density at radius 2 is 2.12 bits per heavy atom. The fourth-order valence-electron chi connectivity index (χ4n) is 2.66. The monoisotopic (exact) mass is 240 g/mol. The lowest BCUT2D eigenvalue weighted by atomic mass is 9.85. The minimum absolute atomic E-state index is 0.0984. The zero-order chi connectivity index (χ0) is 12.7. The van der Waals surface area contributed by atoms with E-state index in [1.54, 1.807) is 0 Å². The first-order chi connectivity index (χ1) is 7.84. The van der Waals surface area contributed by atoms with Crippen molar-refractivity contribution in [1.82, 2.24) is 4.90 Å². The molecule has 0 bridgehead atoms. The first-order valence-electron chi connectivity index (χ1n) is 6.46. The van der Waals surface area contributed by atoms with E-state index in [0.717, 1.165) is 39.1 Å². The van der Waals surface area contributed by atoms with Crippen LogP contribution in [0.2, 0.25) is 0 Å². The number of amides is 1. The minimum atomic E-state index is -0.403. The number of hydrogen-bond donors (Lipinski definition) is 1. The molecule has 2 atom stereocenters. The molecule has 2 aliphatic heterocycles. The summed E-state index contributed by atoms with van der Waals surface area (Å²) >= 11 is 0. The minimum Gasteiger partial charge on any atom is -0.381 e. The summed E-state index contributed by atoms with van der Waals surface area (Å²) in [5, 5.41) is 0. The molecule has 0 aromatic carbocycles. The number of hydrogen-bond acceptors (Lipinski definition) is 3. The van der Waals surface area contributed by atoms with Crippen molar-refractivity contribution in [3.05, 3.63) is 0 Å². The molecule has 0 saturated carbocycles. The van der Waals surface area contributed by atoms with Gasteiger partial charge in [0.25, 0.3) is 0 Å². The van der Waals surface area contributed by atoms with E-state index in [0.29, 0.717) is 0 Å². The van der Waals surface area contributed by atoms with Gasteiger partial charge >= 0.3 is 0 Å². The van der Waals surface area contributed by atoms with Crippen molar-refractivity contribution in [3.8, 4) is 0 Å². The number of rotatable bonds is 1. The maximum atomic E-state index is 12.3. The van der Waals surface area contributed by atoms with Crippen LogP contribution in [0.25, 0.3) is 0 Å². The molecule has 0 aromatic rings. The molecular formula is C13H24N2O2. The molecule has 2 fully saturated rings.